The standard InChI is InChI=1S/C18H24ClN5O.ClH/c1-3-4-7-13-14(9-11(2)20)22-17-15(13)16(23-18(19)24-17)21-10-12-6-5-8-25-12;/h5-6,8,11H,3-4,7,9-10,20H2,1-2H3,(H2,21,22,23,24);1H/t11-;/m0./s1. The molecule has 0 saturated carbocycles. The maximum absolute atomic E-state index is 6.13. The summed E-state index contributed by atoms with van der Waals surface area (Å²) >= 11 is 6.13. The molecular formula is C18H25Cl2N5O. The highest BCUT2D eigenvalue weighted by molar-refractivity contribution is 6.28. The van der Waals surface area contributed by atoms with Gasteiger partial charge < -0.3 is 20.5 Å². The second-order valence-corrected chi connectivity index (χ2v) is 6.70. The molecule has 8 heteroatoms. The molecule has 0 unspecified atom stereocenters. The molecule has 3 rings (SSSR count). The smallest absolute Gasteiger partial charge is 0.226 e. The number of hydrogen-bond donors (Lipinski definition) is 3. The van der Waals surface area contributed by atoms with Crippen LogP contribution in [0.15, 0.2) is 22.8 Å². The normalized spacial score (nSPS) is 12.2. The molecule has 26 heavy (non-hydrogen) atoms. The zero-order chi connectivity index (χ0) is 17.8. The number of hydrogen-bond acceptors (Lipinski definition) is 5. The molecule has 3 heterocycles. The molecule has 0 fully saturated rings. The second kappa shape index (κ2) is 9.26. The highest BCUT2D eigenvalue weighted by Crippen LogP contribution is 2.30. The summed E-state index contributed by atoms with van der Waals surface area (Å²) in [5.41, 5.74) is 9.13. The van der Waals surface area contributed by atoms with Crippen molar-refractivity contribution in [2.24, 2.45) is 5.73 Å². The first-order valence-corrected chi connectivity index (χ1v) is 9.05. The third-order valence-electron chi connectivity index (χ3n) is 4.13. The molecule has 6 nitrogen and oxygen atoms in total. The predicted octanol–water partition coefficient (Wildman–Crippen LogP) is 4.47. The molecule has 4 N–H and O–H groups in total. The average molecular weight is 398 g/mol. The lowest BCUT2D eigenvalue weighted by Gasteiger charge is -2.09. The van der Waals surface area contributed by atoms with Crippen molar-refractivity contribution in [3.8, 4) is 0 Å². The lowest BCUT2D eigenvalue weighted by molar-refractivity contribution is 0.518. The van der Waals surface area contributed by atoms with Gasteiger partial charge in [-0.3, -0.25) is 0 Å². The van der Waals surface area contributed by atoms with E-state index in [0.29, 0.717) is 6.54 Å². The van der Waals surface area contributed by atoms with Crippen LogP contribution in [0.25, 0.3) is 11.0 Å². The van der Waals surface area contributed by atoms with Crippen LogP contribution in [0.1, 0.15) is 43.7 Å². The van der Waals surface area contributed by atoms with Gasteiger partial charge in [0.05, 0.1) is 18.2 Å². The van der Waals surface area contributed by atoms with Gasteiger partial charge in [0.2, 0.25) is 5.28 Å². The number of rotatable bonds is 8. The maximum Gasteiger partial charge on any atom is 0.226 e. The summed E-state index contributed by atoms with van der Waals surface area (Å²) in [6, 6.07) is 3.85. The van der Waals surface area contributed by atoms with Gasteiger partial charge in [0.25, 0.3) is 0 Å². The Labute approximate surface area is 164 Å². The first kappa shape index (κ1) is 20.6. The zero-order valence-corrected chi connectivity index (χ0v) is 16.6. The minimum Gasteiger partial charge on any atom is -0.467 e. The number of unbranched alkanes of at least 4 members (excludes halogenated alkanes) is 1. The van der Waals surface area contributed by atoms with E-state index in [1.807, 2.05) is 19.1 Å². The number of nitrogens with one attached hydrogen (secondary N) is 2. The van der Waals surface area contributed by atoms with E-state index in [1.165, 1.54) is 5.56 Å². The molecule has 3 aromatic rings. The molecule has 0 spiro atoms. The number of fused-ring (bicyclic) bond motifs is 1. The van der Waals surface area contributed by atoms with Crippen LogP contribution < -0.4 is 11.1 Å². The van der Waals surface area contributed by atoms with Crippen LogP contribution in [0, 0.1) is 0 Å². The van der Waals surface area contributed by atoms with Crippen molar-refractivity contribution >= 4 is 40.9 Å². The van der Waals surface area contributed by atoms with E-state index in [0.717, 1.165) is 54.0 Å². The molecule has 0 bridgehead atoms. The van der Waals surface area contributed by atoms with E-state index in [1.54, 1.807) is 6.26 Å². The average Bonchev–Trinajstić information content (AvgIpc) is 3.17. The summed E-state index contributed by atoms with van der Waals surface area (Å²) in [6.07, 6.45) is 5.60. The third-order valence-corrected chi connectivity index (χ3v) is 4.30. The number of anilines is 1. The Hall–Kier alpha value is -1.76. The van der Waals surface area contributed by atoms with Gasteiger partial charge in [-0.2, -0.15) is 4.98 Å². The lowest BCUT2D eigenvalue weighted by atomic mass is 10.0. The van der Waals surface area contributed by atoms with Crippen LogP contribution in [0.5, 0.6) is 0 Å². The third kappa shape index (κ3) is 4.69. The number of nitrogens with two attached hydrogens (primary N) is 1. The molecule has 1 atom stereocenters. The second-order valence-electron chi connectivity index (χ2n) is 6.36. The molecule has 0 radical (unpaired) electrons. The Kier molecular flexibility index (Phi) is 7.32. The number of aromatic amines is 1. The summed E-state index contributed by atoms with van der Waals surface area (Å²) < 4.78 is 5.39. The van der Waals surface area contributed by atoms with Crippen molar-refractivity contribution < 1.29 is 4.42 Å². The van der Waals surface area contributed by atoms with Gasteiger partial charge in [-0.15, -0.1) is 12.4 Å². The number of halogens is 2. The molecule has 0 aliphatic rings. The zero-order valence-electron chi connectivity index (χ0n) is 15.0. The van der Waals surface area contributed by atoms with Crippen molar-refractivity contribution in [1.29, 1.82) is 0 Å². The molecule has 142 valence electrons. The number of nitrogens with zero attached hydrogens (tertiary/aromatic N) is 2. The summed E-state index contributed by atoms with van der Waals surface area (Å²) in [5, 5.41) is 4.55. The van der Waals surface area contributed by atoms with Crippen molar-refractivity contribution in [2.45, 2.75) is 52.1 Å². The fourth-order valence-electron chi connectivity index (χ4n) is 3.02. The number of aryl methyl sites for hydroxylation is 1. The van der Waals surface area contributed by atoms with E-state index in [2.05, 4.69) is 27.2 Å². The minimum absolute atomic E-state index is 0. The van der Waals surface area contributed by atoms with Crippen LogP contribution in [0.4, 0.5) is 5.82 Å². The van der Waals surface area contributed by atoms with Crippen LogP contribution in [0.3, 0.4) is 0 Å². The van der Waals surface area contributed by atoms with Gasteiger partial charge in [0.15, 0.2) is 0 Å². The Balaban J connectivity index is 0.00000243. The van der Waals surface area contributed by atoms with Crippen molar-refractivity contribution in [1.82, 2.24) is 15.0 Å². The molecule has 0 aromatic carbocycles. The van der Waals surface area contributed by atoms with Gasteiger partial charge in [-0.05, 0) is 49.1 Å². The highest BCUT2D eigenvalue weighted by atomic mass is 35.5. The SMILES string of the molecule is CCCCc1c(C[C@H](C)N)[nH]c2nc(Cl)nc(NCc3ccco3)c12.Cl. The maximum atomic E-state index is 6.13. The van der Waals surface area contributed by atoms with Crippen molar-refractivity contribution in [3.63, 3.8) is 0 Å². The van der Waals surface area contributed by atoms with E-state index in [4.69, 9.17) is 21.8 Å². The lowest BCUT2D eigenvalue weighted by Crippen LogP contribution is -2.18. The molecule has 0 aliphatic heterocycles. The summed E-state index contributed by atoms with van der Waals surface area (Å²) in [4.78, 5) is 12.2. The Morgan fingerprint density at radius 3 is 2.85 bits per heavy atom. The minimum atomic E-state index is 0. The van der Waals surface area contributed by atoms with E-state index in [9.17, 15) is 0 Å². The molecule has 3 aromatic heterocycles. The van der Waals surface area contributed by atoms with Gasteiger partial charge in [0.1, 0.15) is 17.2 Å². The monoisotopic (exact) mass is 397 g/mol. The highest BCUT2D eigenvalue weighted by Gasteiger charge is 2.18. The van der Waals surface area contributed by atoms with Gasteiger partial charge >= 0.3 is 0 Å². The molecule has 0 aliphatic carbocycles. The number of H-pyrrole nitrogens is 1. The first-order valence-electron chi connectivity index (χ1n) is 8.67. The topological polar surface area (TPSA) is 92.8 Å². The van der Waals surface area contributed by atoms with E-state index in [-0.39, 0.29) is 23.7 Å². The van der Waals surface area contributed by atoms with Crippen LogP contribution in [-0.4, -0.2) is 21.0 Å². The molecule has 0 saturated heterocycles. The van der Waals surface area contributed by atoms with Crippen LogP contribution in [0.2, 0.25) is 5.28 Å². The van der Waals surface area contributed by atoms with E-state index >= 15 is 0 Å². The Morgan fingerprint density at radius 1 is 1.38 bits per heavy atom. The number of aromatic nitrogens is 3. The summed E-state index contributed by atoms with van der Waals surface area (Å²) in [7, 11) is 0. The Bertz CT molecular complexity index is 830. The number of furan rings is 1. The van der Waals surface area contributed by atoms with Gasteiger partial charge in [-0.1, -0.05) is 13.3 Å². The van der Waals surface area contributed by atoms with Gasteiger partial charge in [-0.25, -0.2) is 4.98 Å². The fourth-order valence-corrected chi connectivity index (χ4v) is 3.19. The quantitative estimate of drug-likeness (QED) is 0.487. The fraction of sp³-hybridized carbons (Fsp3) is 0.444. The van der Waals surface area contributed by atoms with Crippen molar-refractivity contribution in [3.05, 3.63) is 40.7 Å². The van der Waals surface area contributed by atoms with Crippen molar-refractivity contribution in [2.75, 3.05) is 5.32 Å². The summed E-state index contributed by atoms with van der Waals surface area (Å²) in [6.45, 7) is 4.73. The predicted molar refractivity (Wildman–Crippen MR) is 108 cm³/mol. The molecular weight excluding hydrogens is 373 g/mol. The first-order chi connectivity index (χ1) is 12.1. The van der Waals surface area contributed by atoms with Crippen LogP contribution in [-0.2, 0) is 19.4 Å². The summed E-state index contributed by atoms with van der Waals surface area (Å²) in [5.74, 6) is 1.56. The molecule has 0 amide bonds. The van der Waals surface area contributed by atoms with Crippen LogP contribution >= 0.6 is 24.0 Å². The largest absolute Gasteiger partial charge is 0.467 e. The van der Waals surface area contributed by atoms with Gasteiger partial charge in [0, 0.05) is 18.2 Å². The Morgan fingerprint density at radius 2 is 2.19 bits per heavy atom. The van der Waals surface area contributed by atoms with E-state index < -0.39 is 0 Å².